The number of oxime groups is 1. The zero-order valence-corrected chi connectivity index (χ0v) is 24.8. The molecule has 0 bridgehead atoms. The number of pyridine rings is 1. The molecule has 2 atom stereocenters. The summed E-state index contributed by atoms with van der Waals surface area (Å²) in [4.78, 5) is 50.8. The van der Waals surface area contributed by atoms with Crippen LogP contribution in [0.2, 0.25) is 5.02 Å². The predicted octanol–water partition coefficient (Wildman–Crippen LogP) is 5.68. The zero-order valence-electron chi connectivity index (χ0n) is 24.1. The number of ketones is 1. The molecule has 45 heavy (non-hydrogen) atoms. The van der Waals surface area contributed by atoms with Gasteiger partial charge in [0, 0.05) is 36.7 Å². The first kappa shape index (κ1) is 30.0. The van der Waals surface area contributed by atoms with Crippen LogP contribution >= 0.6 is 11.6 Å². The lowest BCUT2D eigenvalue weighted by molar-refractivity contribution is -0.149. The minimum atomic E-state index is -1.07. The maximum Gasteiger partial charge on any atom is 0.335 e. The number of carbonyl (C=O) groups is 3. The molecule has 0 unspecified atom stereocenters. The van der Waals surface area contributed by atoms with Gasteiger partial charge in [0.1, 0.15) is 11.8 Å². The van der Waals surface area contributed by atoms with Crippen LogP contribution in [0.5, 0.6) is 5.75 Å². The Kier molecular flexibility index (Phi) is 8.32. The molecule has 1 aromatic heterocycles. The van der Waals surface area contributed by atoms with Crippen molar-refractivity contribution in [1.82, 2.24) is 9.88 Å². The third-order valence-corrected chi connectivity index (χ3v) is 8.35. The number of carbonyl (C=O) groups excluding carboxylic acids is 2. The Morgan fingerprint density at radius 3 is 2.58 bits per heavy atom. The second-order valence-electron chi connectivity index (χ2n) is 10.8. The molecule has 0 radical (unpaired) electrons. The first-order valence-electron chi connectivity index (χ1n) is 14.2. The minimum absolute atomic E-state index is 0.00648. The number of Topliss-reactive ketones (excluding diaryl/α,β-unsaturated/α-hetero) is 1. The van der Waals surface area contributed by atoms with Gasteiger partial charge in [0.2, 0.25) is 6.10 Å². The molecule has 11 heteroatoms. The Balaban J connectivity index is 1.34. The van der Waals surface area contributed by atoms with Gasteiger partial charge in [-0.05, 0) is 59.0 Å². The zero-order chi connectivity index (χ0) is 31.7. The first-order chi connectivity index (χ1) is 21.7. The molecular weight excluding hydrogens is 601 g/mol. The van der Waals surface area contributed by atoms with E-state index in [1.807, 2.05) is 24.3 Å². The van der Waals surface area contributed by atoms with Crippen LogP contribution in [0, 0.1) is 5.82 Å². The predicted molar refractivity (Wildman–Crippen MR) is 164 cm³/mol. The highest BCUT2D eigenvalue weighted by Gasteiger charge is 2.42. The van der Waals surface area contributed by atoms with Crippen LogP contribution in [-0.2, 0) is 27.3 Å². The molecule has 9 nitrogen and oxygen atoms in total. The normalized spacial score (nSPS) is 17.2. The van der Waals surface area contributed by atoms with Gasteiger partial charge in [-0.15, -0.1) is 0 Å². The van der Waals surface area contributed by atoms with Crippen LogP contribution in [0.1, 0.15) is 45.1 Å². The van der Waals surface area contributed by atoms with E-state index in [9.17, 15) is 23.9 Å². The van der Waals surface area contributed by atoms with Crippen molar-refractivity contribution in [1.29, 1.82) is 0 Å². The summed E-state index contributed by atoms with van der Waals surface area (Å²) in [5.74, 6) is -1.84. The number of aromatic carboxylic acids is 1. The molecule has 0 aliphatic carbocycles. The summed E-state index contributed by atoms with van der Waals surface area (Å²) in [6, 6.07) is 17.1. The van der Waals surface area contributed by atoms with E-state index >= 15 is 0 Å². The topological polar surface area (TPSA) is 118 Å². The van der Waals surface area contributed by atoms with Gasteiger partial charge in [0.25, 0.3) is 5.91 Å². The van der Waals surface area contributed by atoms with E-state index in [1.54, 1.807) is 37.7 Å². The second-order valence-corrected chi connectivity index (χ2v) is 11.2. The van der Waals surface area contributed by atoms with Crippen molar-refractivity contribution in [3.05, 3.63) is 118 Å². The van der Waals surface area contributed by atoms with Crippen molar-refractivity contribution in [2.75, 3.05) is 13.7 Å². The first-order valence-corrected chi connectivity index (χ1v) is 14.6. The average Bonchev–Trinajstić information content (AvgIpc) is 3.55. The number of hydrogen-bond donors (Lipinski definition) is 1. The van der Waals surface area contributed by atoms with Crippen molar-refractivity contribution >= 4 is 35.0 Å². The highest BCUT2D eigenvalue weighted by molar-refractivity contribution is 6.31. The molecule has 0 fully saturated rings. The molecule has 3 aromatic carbocycles. The van der Waals surface area contributed by atoms with Crippen LogP contribution in [-0.4, -0.2) is 58.1 Å². The summed E-state index contributed by atoms with van der Waals surface area (Å²) < 4.78 is 20.1. The molecule has 1 amide bonds. The largest absolute Gasteiger partial charge is 0.495 e. The number of aromatic nitrogens is 1. The summed E-state index contributed by atoms with van der Waals surface area (Å²) in [6.07, 6.45) is 2.68. The standard InChI is InChI=1S/C34H27ClFN3O6/c1-44-22-15-21(17-37-18-22)23-4-2-5-25-24(23)12-13-39(32(25)29(40)14-19-8-10-20(11-9-19)34(42)43)33(41)30-16-28(38-45-30)26-6-3-7-27(35)31(26)36/h2-11,15,17-18,30,32H,12-14,16H2,1H3,(H,42,43)/t30-,32+/m1/s1. The van der Waals surface area contributed by atoms with Crippen LogP contribution < -0.4 is 4.74 Å². The van der Waals surface area contributed by atoms with E-state index < -0.39 is 29.8 Å². The lowest BCUT2D eigenvalue weighted by Crippen LogP contribution is -2.48. The Bertz CT molecular complexity index is 1840. The van der Waals surface area contributed by atoms with Gasteiger partial charge >= 0.3 is 5.97 Å². The van der Waals surface area contributed by atoms with Crippen LogP contribution in [0.15, 0.2) is 84.3 Å². The summed E-state index contributed by atoms with van der Waals surface area (Å²) in [6.45, 7) is 0.218. The molecule has 2 aliphatic heterocycles. The van der Waals surface area contributed by atoms with Crippen molar-refractivity contribution in [2.24, 2.45) is 5.16 Å². The van der Waals surface area contributed by atoms with Crippen molar-refractivity contribution in [3.63, 3.8) is 0 Å². The highest BCUT2D eigenvalue weighted by Crippen LogP contribution is 2.39. The van der Waals surface area contributed by atoms with E-state index in [1.165, 1.54) is 29.2 Å². The number of hydrogen-bond acceptors (Lipinski definition) is 7. The third kappa shape index (κ3) is 5.88. The SMILES string of the molecule is COc1cncc(-c2cccc3c2CCN(C(=O)[C@H]2CC(c4cccc(Cl)c4F)=NO2)[C@@H]3C(=O)Cc2ccc(C(=O)O)cc2)c1. The molecule has 1 N–H and O–H groups in total. The number of carboxylic acids is 1. The van der Waals surface area contributed by atoms with Crippen molar-refractivity contribution < 1.29 is 33.5 Å². The molecule has 0 spiro atoms. The Morgan fingerprint density at radius 1 is 1.07 bits per heavy atom. The Hall–Kier alpha value is -5.09. The fourth-order valence-electron chi connectivity index (χ4n) is 5.85. The van der Waals surface area contributed by atoms with Crippen LogP contribution in [0.3, 0.4) is 0 Å². The van der Waals surface area contributed by atoms with Gasteiger partial charge in [0.05, 0.1) is 29.6 Å². The van der Waals surface area contributed by atoms with Crippen molar-refractivity contribution in [2.45, 2.75) is 31.4 Å². The number of carboxylic acid groups (broad SMARTS) is 1. The van der Waals surface area contributed by atoms with Crippen molar-refractivity contribution in [3.8, 4) is 16.9 Å². The second kappa shape index (κ2) is 12.5. The summed E-state index contributed by atoms with van der Waals surface area (Å²) in [5.41, 5.74) is 4.36. The lowest BCUT2D eigenvalue weighted by Gasteiger charge is -2.38. The number of halogens is 2. The third-order valence-electron chi connectivity index (χ3n) is 8.06. The fourth-order valence-corrected chi connectivity index (χ4v) is 6.02. The quantitative estimate of drug-likeness (QED) is 0.267. The molecule has 228 valence electrons. The monoisotopic (exact) mass is 627 g/mol. The molecule has 4 aromatic rings. The molecule has 6 rings (SSSR count). The number of rotatable bonds is 8. The molecule has 0 saturated carbocycles. The van der Waals surface area contributed by atoms with Gasteiger partial charge in [0.15, 0.2) is 11.6 Å². The van der Waals surface area contributed by atoms with E-state index in [-0.39, 0.29) is 47.0 Å². The number of benzene rings is 3. The maximum atomic E-state index is 14.7. The number of ether oxygens (including phenoxy) is 1. The summed E-state index contributed by atoms with van der Waals surface area (Å²) >= 11 is 5.96. The van der Waals surface area contributed by atoms with Gasteiger partial charge in [-0.1, -0.05) is 53.2 Å². The van der Waals surface area contributed by atoms with E-state index in [4.69, 9.17) is 21.2 Å². The van der Waals surface area contributed by atoms with Crippen LogP contribution in [0.25, 0.3) is 11.1 Å². The number of fused-ring (bicyclic) bond motifs is 1. The van der Waals surface area contributed by atoms with Crippen LogP contribution in [0.4, 0.5) is 4.39 Å². The summed E-state index contributed by atoms with van der Waals surface area (Å²) in [7, 11) is 1.56. The molecule has 3 heterocycles. The molecular formula is C34H27ClFN3O6. The number of amides is 1. The van der Waals surface area contributed by atoms with Gasteiger partial charge in [-0.25, -0.2) is 9.18 Å². The lowest BCUT2D eigenvalue weighted by atomic mass is 9.83. The van der Waals surface area contributed by atoms with E-state index in [0.29, 0.717) is 23.3 Å². The van der Waals surface area contributed by atoms with E-state index in [0.717, 1.165) is 16.7 Å². The smallest absolute Gasteiger partial charge is 0.335 e. The van der Waals surface area contributed by atoms with E-state index in [2.05, 4.69) is 10.1 Å². The number of nitrogens with zero attached hydrogens (tertiary/aromatic N) is 3. The Labute approximate surface area is 262 Å². The summed E-state index contributed by atoms with van der Waals surface area (Å²) in [5, 5.41) is 13.2. The van der Waals surface area contributed by atoms with Gasteiger partial charge < -0.3 is 19.6 Å². The molecule has 0 saturated heterocycles. The fraction of sp³-hybridized carbons (Fsp3) is 0.206. The molecule has 2 aliphatic rings. The average molecular weight is 628 g/mol. The maximum absolute atomic E-state index is 14.7. The highest BCUT2D eigenvalue weighted by atomic mass is 35.5. The minimum Gasteiger partial charge on any atom is -0.495 e. The number of methoxy groups -OCH3 is 1. The Morgan fingerprint density at radius 2 is 1.82 bits per heavy atom. The van der Waals surface area contributed by atoms with Gasteiger partial charge in [-0.2, -0.15) is 0 Å². The van der Waals surface area contributed by atoms with Gasteiger partial charge in [-0.3, -0.25) is 14.6 Å².